The first kappa shape index (κ1) is 16.0. The molecule has 98 valence electrons. The lowest BCUT2D eigenvalue weighted by atomic mass is 9.86. The van der Waals surface area contributed by atoms with Gasteiger partial charge >= 0.3 is 0 Å². The van der Waals surface area contributed by atoms with Crippen molar-refractivity contribution < 1.29 is 0 Å². The van der Waals surface area contributed by atoms with E-state index in [9.17, 15) is 0 Å². The summed E-state index contributed by atoms with van der Waals surface area (Å²) >= 11 is 0. The third-order valence-corrected chi connectivity index (χ3v) is 3.05. The summed E-state index contributed by atoms with van der Waals surface area (Å²) in [5, 5.41) is 0. The molecule has 0 fully saturated rings. The second-order valence-electron chi connectivity index (χ2n) is 6.43. The lowest BCUT2D eigenvalue weighted by Gasteiger charge is -2.23. The van der Waals surface area contributed by atoms with Crippen LogP contribution in [-0.2, 0) is 0 Å². The molecule has 1 unspecified atom stereocenters. The highest BCUT2D eigenvalue weighted by Gasteiger charge is 2.14. The maximum atomic E-state index is 6.12. The van der Waals surface area contributed by atoms with Crippen molar-refractivity contribution in [3.8, 4) is 0 Å². The van der Waals surface area contributed by atoms with Crippen LogP contribution in [0.25, 0.3) is 0 Å². The van der Waals surface area contributed by atoms with Crippen molar-refractivity contribution in [1.29, 1.82) is 0 Å². The van der Waals surface area contributed by atoms with Crippen molar-refractivity contribution in [2.45, 2.75) is 91.5 Å². The van der Waals surface area contributed by atoms with Crippen LogP contribution >= 0.6 is 0 Å². The molecule has 0 saturated carbocycles. The van der Waals surface area contributed by atoms with Gasteiger partial charge in [0, 0.05) is 6.04 Å². The van der Waals surface area contributed by atoms with Gasteiger partial charge in [-0.05, 0) is 18.3 Å². The van der Waals surface area contributed by atoms with E-state index in [1.807, 2.05) is 0 Å². The third-order valence-electron chi connectivity index (χ3n) is 3.05. The molecule has 0 saturated heterocycles. The Morgan fingerprint density at radius 2 is 1.38 bits per heavy atom. The first-order valence-corrected chi connectivity index (χ1v) is 7.21. The summed E-state index contributed by atoms with van der Waals surface area (Å²) in [6.07, 6.45) is 12.1. The number of rotatable bonds is 9. The molecule has 0 bridgehead atoms. The number of hydrogen-bond acceptors (Lipinski definition) is 1. The Morgan fingerprint density at radius 3 is 1.88 bits per heavy atom. The highest BCUT2D eigenvalue weighted by molar-refractivity contribution is 4.71. The van der Waals surface area contributed by atoms with E-state index in [-0.39, 0.29) is 0 Å². The molecule has 0 aromatic rings. The monoisotopic (exact) mass is 227 g/mol. The third kappa shape index (κ3) is 12.0. The van der Waals surface area contributed by atoms with Gasteiger partial charge in [0.15, 0.2) is 0 Å². The minimum absolute atomic E-state index is 0.389. The van der Waals surface area contributed by atoms with Crippen LogP contribution in [0.2, 0.25) is 0 Å². The molecule has 0 spiro atoms. The van der Waals surface area contributed by atoms with E-state index in [0.717, 1.165) is 6.42 Å². The summed E-state index contributed by atoms with van der Waals surface area (Å²) in [7, 11) is 0. The van der Waals surface area contributed by atoms with Crippen molar-refractivity contribution in [3.63, 3.8) is 0 Å². The van der Waals surface area contributed by atoms with Crippen LogP contribution in [0, 0.1) is 5.41 Å². The first-order chi connectivity index (χ1) is 7.45. The van der Waals surface area contributed by atoms with Crippen LogP contribution in [0.1, 0.15) is 85.5 Å². The average Bonchev–Trinajstić information content (AvgIpc) is 2.13. The lowest BCUT2D eigenvalue weighted by Crippen LogP contribution is -2.26. The van der Waals surface area contributed by atoms with Crippen LogP contribution in [-0.4, -0.2) is 6.04 Å². The average molecular weight is 227 g/mol. The van der Waals surface area contributed by atoms with Gasteiger partial charge in [0.1, 0.15) is 0 Å². The highest BCUT2D eigenvalue weighted by atomic mass is 14.6. The van der Waals surface area contributed by atoms with E-state index in [1.54, 1.807) is 0 Å². The van der Waals surface area contributed by atoms with Gasteiger partial charge in [-0.1, -0.05) is 72.6 Å². The van der Waals surface area contributed by atoms with Gasteiger partial charge in [0.05, 0.1) is 0 Å². The van der Waals surface area contributed by atoms with E-state index < -0.39 is 0 Å². The predicted molar refractivity (Wildman–Crippen MR) is 74.7 cm³/mol. The number of hydrogen-bond donors (Lipinski definition) is 1. The van der Waals surface area contributed by atoms with Crippen LogP contribution in [0.5, 0.6) is 0 Å². The van der Waals surface area contributed by atoms with Crippen LogP contribution in [0.4, 0.5) is 0 Å². The zero-order chi connectivity index (χ0) is 12.4. The SMILES string of the molecule is CCCCCCCCCC(N)CC(C)(C)C. The van der Waals surface area contributed by atoms with Gasteiger partial charge in [-0.2, -0.15) is 0 Å². The van der Waals surface area contributed by atoms with Crippen molar-refractivity contribution in [1.82, 2.24) is 0 Å². The van der Waals surface area contributed by atoms with Crippen LogP contribution in [0.15, 0.2) is 0 Å². The predicted octanol–water partition coefficient (Wildman–Crippen LogP) is 4.89. The quantitative estimate of drug-likeness (QED) is 0.558. The van der Waals surface area contributed by atoms with E-state index in [2.05, 4.69) is 27.7 Å². The van der Waals surface area contributed by atoms with Gasteiger partial charge in [0.2, 0.25) is 0 Å². The van der Waals surface area contributed by atoms with Crippen molar-refractivity contribution in [3.05, 3.63) is 0 Å². The van der Waals surface area contributed by atoms with E-state index in [1.165, 1.54) is 51.4 Å². The molecule has 0 aromatic carbocycles. The fraction of sp³-hybridized carbons (Fsp3) is 1.00. The van der Waals surface area contributed by atoms with Crippen molar-refractivity contribution in [2.75, 3.05) is 0 Å². The molecular weight excluding hydrogens is 194 g/mol. The normalized spacial score (nSPS) is 14.1. The molecule has 0 amide bonds. The summed E-state index contributed by atoms with van der Waals surface area (Å²) < 4.78 is 0. The Labute approximate surface area is 103 Å². The van der Waals surface area contributed by atoms with Crippen molar-refractivity contribution in [2.24, 2.45) is 11.1 Å². The second-order valence-corrected chi connectivity index (χ2v) is 6.43. The molecule has 0 aromatic heterocycles. The second kappa shape index (κ2) is 9.04. The lowest BCUT2D eigenvalue weighted by molar-refractivity contribution is 0.326. The standard InChI is InChI=1S/C15H33N/c1-5-6-7-8-9-10-11-12-14(16)13-15(2,3)4/h14H,5-13,16H2,1-4H3. The molecule has 1 heteroatoms. The zero-order valence-electron chi connectivity index (χ0n) is 12.0. The molecule has 0 aliphatic heterocycles. The number of unbranched alkanes of at least 4 members (excludes halogenated alkanes) is 6. The van der Waals surface area contributed by atoms with E-state index >= 15 is 0 Å². The minimum Gasteiger partial charge on any atom is -0.328 e. The van der Waals surface area contributed by atoms with Crippen LogP contribution < -0.4 is 5.73 Å². The Kier molecular flexibility index (Phi) is 9.02. The first-order valence-electron chi connectivity index (χ1n) is 7.21. The molecule has 0 aliphatic carbocycles. The summed E-state index contributed by atoms with van der Waals surface area (Å²) in [6.45, 7) is 9.10. The molecule has 0 heterocycles. The number of nitrogens with two attached hydrogens (primary N) is 1. The Bertz CT molecular complexity index is 146. The summed E-state index contributed by atoms with van der Waals surface area (Å²) in [4.78, 5) is 0. The Morgan fingerprint density at radius 1 is 0.875 bits per heavy atom. The van der Waals surface area contributed by atoms with E-state index in [0.29, 0.717) is 11.5 Å². The molecule has 2 N–H and O–H groups in total. The maximum Gasteiger partial charge on any atom is 0.00438 e. The molecule has 1 nitrogen and oxygen atoms in total. The van der Waals surface area contributed by atoms with Gasteiger partial charge in [-0.15, -0.1) is 0 Å². The molecule has 0 aliphatic rings. The van der Waals surface area contributed by atoms with Crippen molar-refractivity contribution >= 4 is 0 Å². The summed E-state index contributed by atoms with van der Waals surface area (Å²) in [6, 6.07) is 0.413. The van der Waals surface area contributed by atoms with Gasteiger partial charge in [-0.25, -0.2) is 0 Å². The van der Waals surface area contributed by atoms with Crippen LogP contribution in [0.3, 0.4) is 0 Å². The van der Waals surface area contributed by atoms with Gasteiger partial charge in [-0.3, -0.25) is 0 Å². The Balaban J connectivity index is 3.25. The fourth-order valence-corrected chi connectivity index (χ4v) is 2.25. The minimum atomic E-state index is 0.389. The molecule has 0 radical (unpaired) electrons. The molecule has 16 heavy (non-hydrogen) atoms. The van der Waals surface area contributed by atoms with Gasteiger partial charge in [0.25, 0.3) is 0 Å². The fourth-order valence-electron chi connectivity index (χ4n) is 2.25. The maximum absolute atomic E-state index is 6.12. The zero-order valence-corrected chi connectivity index (χ0v) is 12.0. The molecule has 0 rings (SSSR count). The molecular formula is C15H33N. The summed E-state index contributed by atoms with van der Waals surface area (Å²) in [5.74, 6) is 0. The molecule has 1 atom stereocenters. The topological polar surface area (TPSA) is 26.0 Å². The summed E-state index contributed by atoms with van der Waals surface area (Å²) in [5.41, 5.74) is 6.51. The largest absolute Gasteiger partial charge is 0.328 e. The smallest absolute Gasteiger partial charge is 0.00438 e. The van der Waals surface area contributed by atoms with E-state index in [4.69, 9.17) is 5.73 Å². The van der Waals surface area contributed by atoms with Gasteiger partial charge < -0.3 is 5.73 Å². The highest BCUT2D eigenvalue weighted by Crippen LogP contribution is 2.22. The Hall–Kier alpha value is -0.0400.